The number of hydrogen-bond acceptors (Lipinski definition) is 3. The molecule has 0 saturated heterocycles. The Morgan fingerprint density at radius 2 is 1.87 bits per heavy atom. The molecule has 4 N–H and O–H groups in total. The fourth-order valence-electron chi connectivity index (χ4n) is 1.36. The molecule has 0 aliphatic heterocycles. The van der Waals surface area contributed by atoms with Crippen molar-refractivity contribution < 1.29 is 5.11 Å². The molecule has 3 heteroatoms. The van der Waals surface area contributed by atoms with E-state index in [0.717, 1.165) is 13.0 Å². The number of aliphatic hydroxyl groups excluding tert-OH is 1. The Morgan fingerprint density at radius 3 is 2.40 bits per heavy atom. The van der Waals surface area contributed by atoms with Crippen molar-refractivity contribution in [3.05, 3.63) is 35.4 Å². The molecule has 0 radical (unpaired) electrons. The smallest absolute Gasteiger partial charge is 0.0594 e. The predicted molar refractivity (Wildman–Crippen MR) is 62.6 cm³/mol. The standard InChI is InChI=1S/C12H20N2O/c1-2-10-3-5-11(6-4-10)7-14-8-12(13)9-15/h3-6,12,14-15H,2,7-9,13H2,1H3. The summed E-state index contributed by atoms with van der Waals surface area (Å²) in [6.07, 6.45) is 1.07. The molecule has 0 heterocycles. The molecule has 0 aromatic heterocycles. The Bertz CT molecular complexity index is 271. The molecule has 3 nitrogen and oxygen atoms in total. The minimum atomic E-state index is -0.167. The van der Waals surface area contributed by atoms with Crippen LogP contribution in [-0.4, -0.2) is 24.3 Å². The van der Waals surface area contributed by atoms with E-state index in [9.17, 15) is 0 Å². The number of hydrogen-bond donors (Lipinski definition) is 3. The molecule has 0 saturated carbocycles. The van der Waals surface area contributed by atoms with Crippen molar-refractivity contribution in [3.63, 3.8) is 0 Å². The van der Waals surface area contributed by atoms with Crippen LogP contribution >= 0.6 is 0 Å². The second-order valence-electron chi connectivity index (χ2n) is 3.74. The molecule has 0 spiro atoms. The minimum Gasteiger partial charge on any atom is -0.395 e. The third-order valence-electron chi connectivity index (χ3n) is 2.40. The van der Waals surface area contributed by atoms with E-state index in [2.05, 4.69) is 36.5 Å². The fraction of sp³-hybridized carbons (Fsp3) is 0.500. The van der Waals surface area contributed by atoms with Gasteiger partial charge in [-0.1, -0.05) is 31.2 Å². The first-order valence-electron chi connectivity index (χ1n) is 5.41. The van der Waals surface area contributed by atoms with Crippen LogP contribution in [0.4, 0.5) is 0 Å². The van der Waals surface area contributed by atoms with Crippen molar-refractivity contribution in [1.82, 2.24) is 5.32 Å². The Balaban J connectivity index is 2.31. The van der Waals surface area contributed by atoms with Crippen LogP contribution in [0.15, 0.2) is 24.3 Å². The molecular weight excluding hydrogens is 188 g/mol. The molecule has 0 aliphatic rings. The van der Waals surface area contributed by atoms with Crippen LogP contribution in [0.1, 0.15) is 18.1 Å². The number of nitrogens with two attached hydrogens (primary N) is 1. The Labute approximate surface area is 91.3 Å². The van der Waals surface area contributed by atoms with E-state index in [-0.39, 0.29) is 12.6 Å². The molecule has 1 atom stereocenters. The van der Waals surface area contributed by atoms with Crippen molar-refractivity contribution >= 4 is 0 Å². The molecule has 0 aliphatic carbocycles. The van der Waals surface area contributed by atoms with Crippen LogP contribution in [0.25, 0.3) is 0 Å². The lowest BCUT2D eigenvalue weighted by Gasteiger charge is -2.09. The summed E-state index contributed by atoms with van der Waals surface area (Å²) >= 11 is 0. The van der Waals surface area contributed by atoms with E-state index in [1.807, 2.05) is 0 Å². The highest BCUT2D eigenvalue weighted by Gasteiger charge is 1.99. The van der Waals surface area contributed by atoms with E-state index >= 15 is 0 Å². The first-order chi connectivity index (χ1) is 7.26. The lowest BCUT2D eigenvalue weighted by atomic mass is 10.1. The van der Waals surface area contributed by atoms with Crippen molar-refractivity contribution in [3.8, 4) is 0 Å². The van der Waals surface area contributed by atoms with Crippen LogP contribution in [0.5, 0.6) is 0 Å². The average molecular weight is 208 g/mol. The van der Waals surface area contributed by atoms with Gasteiger partial charge < -0.3 is 16.2 Å². The maximum absolute atomic E-state index is 8.74. The molecule has 1 aromatic carbocycles. The van der Waals surface area contributed by atoms with Gasteiger partial charge in [0.25, 0.3) is 0 Å². The summed E-state index contributed by atoms with van der Waals surface area (Å²) < 4.78 is 0. The van der Waals surface area contributed by atoms with E-state index in [4.69, 9.17) is 10.8 Å². The number of rotatable bonds is 6. The van der Waals surface area contributed by atoms with Gasteiger partial charge in [0.15, 0.2) is 0 Å². The second kappa shape index (κ2) is 6.56. The second-order valence-corrected chi connectivity index (χ2v) is 3.74. The molecule has 0 fully saturated rings. The van der Waals surface area contributed by atoms with Crippen LogP contribution in [-0.2, 0) is 13.0 Å². The van der Waals surface area contributed by atoms with E-state index < -0.39 is 0 Å². The monoisotopic (exact) mass is 208 g/mol. The van der Waals surface area contributed by atoms with Crippen molar-refractivity contribution in [2.45, 2.75) is 25.9 Å². The highest BCUT2D eigenvalue weighted by atomic mass is 16.3. The summed E-state index contributed by atoms with van der Waals surface area (Å²) in [5, 5.41) is 11.9. The molecule has 15 heavy (non-hydrogen) atoms. The summed E-state index contributed by atoms with van der Waals surface area (Å²) in [5.74, 6) is 0. The molecule has 0 bridgehead atoms. The largest absolute Gasteiger partial charge is 0.395 e. The van der Waals surface area contributed by atoms with Gasteiger partial charge in [0.2, 0.25) is 0 Å². The van der Waals surface area contributed by atoms with Gasteiger partial charge in [-0.15, -0.1) is 0 Å². The Hall–Kier alpha value is -0.900. The maximum atomic E-state index is 8.74. The zero-order chi connectivity index (χ0) is 11.1. The summed E-state index contributed by atoms with van der Waals surface area (Å²) in [6, 6.07) is 8.36. The van der Waals surface area contributed by atoms with Crippen molar-refractivity contribution in [1.29, 1.82) is 0 Å². The fourth-order valence-corrected chi connectivity index (χ4v) is 1.36. The zero-order valence-electron chi connectivity index (χ0n) is 9.24. The molecule has 1 unspecified atom stereocenters. The van der Waals surface area contributed by atoms with E-state index in [1.165, 1.54) is 11.1 Å². The zero-order valence-corrected chi connectivity index (χ0v) is 9.24. The predicted octanol–water partition coefficient (Wildman–Crippen LogP) is 0.658. The summed E-state index contributed by atoms with van der Waals surface area (Å²) in [5.41, 5.74) is 8.17. The highest BCUT2D eigenvalue weighted by molar-refractivity contribution is 5.22. The minimum absolute atomic E-state index is 0.0295. The topological polar surface area (TPSA) is 58.3 Å². The first-order valence-corrected chi connectivity index (χ1v) is 5.41. The molecular formula is C12H20N2O. The third-order valence-corrected chi connectivity index (χ3v) is 2.40. The molecule has 0 amide bonds. The summed E-state index contributed by atoms with van der Waals surface area (Å²) in [4.78, 5) is 0. The lowest BCUT2D eigenvalue weighted by Crippen LogP contribution is -2.36. The van der Waals surface area contributed by atoms with Crippen LogP contribution < -0.4 is 11.1 Å². The third kappa shape index (κ3) is 4.42. The average Bonchev–Trinajstić information content (AvgIpc) is 2.29. The normalized spacial score (nSPS) is 12.7. The summed E-state index contributed by atoms with van der Waals surface area (Å²) in [6.45, 7) is 3.62. The van der Waals surface area contributed by atoms with Crippen LogP contribution in [0, 0.1) is 0 Å². The lowest BCUT2D eigenvalue weighted by molar-refractivity contribution is 0.262. The van der Waals surface area contributed by atoms with Gasteiger partial charge in [0, 0.05) is 19.1 Å². The van der Waals surface area contributed by atoms with Crippen LogP contribution in [0.2, 0.25) is 0 Å². The first kappa shape index (κ1) is 12.2. The molecule has 84 valence electrons. The quantitative estimate of drug-likeness (QED) is 0.643. The van der Waals surface area contributed by atoms with Crippen LogP contribution in [0.3, 0.4) is 0 Å². The Kier molecular flexibility index (Phi) is 5.32. The number of aliphatic hydroxyl groups is 1. The van der Waals surface area contributed by atoms with Gasteiger partial charge in [0.1, 0.15) is 0 Å². The molecule has 1 rings (SSSR count). The van der Waals surface area contributed by atoms with E-state index in [0.29, 0.717) is 6.54 Å². The van der Waals surface area contributed by atoms with Crippen molar-refractivity contribution in [2.24, 2.45) is 5.73 Å². The summed E-state index contributed by atoms with van der Waals surface area (Å²) in [7, 11) is 0. The van der Waals surface area contributed by atoms with Gasteiger partial charge in [-0.25, -0.2) is 0 Å². The highest BCUT2D eigenvalue weighted by Crippen LogP contribution is 2.04. The van der Waals surface area contributed by atoms with E-state index in [1.54, 1.807) is 0 Å². The van der Waals surface area contributed by atoms with Crippen molar-refractivity contribution in [2.75, 3.05) is 13.2 Å². The van der Waals surface area contributed by atoms with Gasteiger partial charge in [-0.05, 0) is 17.5 Å². The SMILES string of the molecule is CCc1ccc(CNCC(N)CO)cc1. The number of aryl methyl sites for hydroxylation is 1. The molecule has 1 aromatic rings. The van der Waals surface area contributed by atoms with Gasteiger partial charge in [-0.3, -0.25) is 0 Å². The maximum Gasteiger partial charge on any atom is 0.0594 e. The van der Waals surface area contributed by atoms with Gasteiger partial charge in [0.05, 0.1) is 6.61 Å². The van der Waals surface area contributed by atoms with Gasteiger partial charge >= 0.3 is 0 Å². The van der Waals surface area contributed by atoms with Gasteiger partial charge in [-0.2, -0.15) is 0 Å². The Morgan fingerprint density at radius 1 is 1.27 bits per heavy atom. The number of benzene rings is 1. The number of nitrogens with one attached hydrogen (secondary N) is 1.